The van der Waals surface area contributed by atoms with Crippen LogP contribution in [-0.4, -0.2) is 91.3 Å². The summed E-state index contributed by atoms with van der Waals surface area (Å²) in [5.41, 5.74) is 2.59. The second-order valence-electron chi connectivity index (χ2n) is 9.22. The summed E-state index contributed by atoms with van der Waals surface area (Å²) < 4.78 is 16.9. The number of nitrogens with zero attached hydrogens (tertiary/aromatic N) is 4. The Morgan fingerprint density at radius 1 is 1.18 bits per heavy atom. The number of aromatic nitrogens is 1. The third kappa shape index (κ3) is 8.08. The molecule has 0 spiro atoms. The van der Waals surface area contributed by atoms with Crippen molar-refractivity contribution in [1.82, 2.24) is 19.7 Å². The van der Waals surface area contributed by atoms with Crippen molar-refractivity contribution in [2.75, 3.05) is 65.0 Å². The molecule has 1 aromatic heterocycles. The highest BCUT2D eigenvalue weighted by Crippen LogP contribution is 2.32. The predicted octanol–water partition coefficient (Wildman–Crippen LogP) is 3.65. The first-order valence-corrected chi connectivity index (χ1v) is 13.1. The summed E-state index contributed by atoms with van der Waals surface area (Å²) in [5.74, 6) is 1.76. The number of ether oxygens (including phenoxy) is 3. The number of pyridine rings is 1. The molecule has 10 nitrogen and oxygen atoms in total. The molecule has 2 aromatic rings. The number of rotatable bonds is 11. The molecule has 11 heteroatoms. The SMILES string of the molecule is CCOc1cccc(CN(C)C(=O)C=Cc2cnc3c(c2)CN(CCN2CCOCC2)C(=O)N3)c1OCC.Cl. The first-order valence-electron chi connectivity index (χ1n) is 13.1. The molecule has 2 aliphatic rings. The zero-order chi connectivity index (χ0) is 26.9. The molecule has 39 heavy (non-hydrogen) atoms. The minimum absolute atomic E-state index is 0. The van der Waals surface area contributed by atoms with Crippen molar-refractivity contribution in [2.45, 2.75) is 26.9 Å². The van der Waals surface area contributed by atoms with Crippen LogP contribution in [0, 0.1) is 0 Å². The van der Waals surface area contributed by atoms with Crippen LogP contribution in [0.4, 0.5) is 10.6 Å². The van der Waals surface area contributed by atoms with Crippen molar-refractivity contribution in [3.05, 3.63) is 53.2 Å². The Balaban J connectivity index is 0.00000420. The third-order valence-corrected chi connectivity index (χ3v) is 6.50. The van der Waals surface area contributed by atoms with Crippen molar-refractivity contribution < 1.29 is 23.8 Å². The highest BCUT2D eigenvalue weighted by molar-refractivity contribution is 5.93. The van der Waals surface area contributed by atoms with Gasteiger partial charge in [-0.05, 0) is 37.6 Å². The monoisotopic (exact) mass is 559 g/mol. The average Bonchev–Trinajstić information content (AvgIpc) is 2.93. The lowest BCUT2D eigenvalue weighted by Gasteiger charge is -2.32. The van der Waals surface area contributed by atoms with Gasteiger partial charge in [0.2, 0.25) is 5.91 Å². The van der Waals surface area contributed by atoms with E-state index in [0.29, 0.717) is 50.2 Å². The zero-order valence-electron chi connectivity index (χ0n) is 22.9. The van der Waals surface area contributed by atoms with Gasteiger partial charge >= 0.3 is 6.03 Å². The fourth-order valence-electron chi connectivity index (χ4n) is 4.47. The molecule has 212 valence electrons. The summed E-state index contributed by atoms with van der Waals surface area (Å²) in [5, 5.41) is 2.88. The molecule has 0 unspecified atom stereocenters. The minimum atomic E-state index is -0.146. The van der Waals surface area contributed by atoms with Gasteiger partial charge in [0.1, 0.15) is 5.82 Å². The Labute approximate surface area is 236 Å². The lowest BCUT2D eigenvalue weighted by molar-refractivity contribution is -0.125. The average molecular weight is 560 g/mol. The maximum atomic E-state index is 12.9. The fourth-order valence-corrected chi connectivity index (χ4v) is 4.47. The van der Waals surface area contributed by atoms with Gasteiger partial charge in [-0.15, -0.1) is 12.4 Å². The van der Waals surface area contributed by atoms with Crippen molar-refractivity contribution in [3.63, 3.8) is 0 Å². The number of fused-ring (bicyclic) bond motifs is 1. The number of hydrogen-bond donors (Lipinski definition) is 1. The number of para-hydroxylation sites is 1. The molecular formula is C28H38ClN5O5. The molecule has 3 heterocycles. The summed E-state index contributed by atoms with van der Waals surface area (Å²) in [7, 11) is 1.75. The number of carbonyl (C=O) groups is 2. The van der Waals surface area contributed by atoms with Crippen LogP contribution in [0.15, 0.2) is 36.5 Å². The van der Waals surface area contributed by atoms with Gasteiger partial charge in [0.15, 0.2) is 11.5 Å². The molecule has 0 atom stereocenters. The van der Waals surface area contributed by atoms with E-state index in [1.807, 2.05) is 38.1 Å². The van der Waals surface area contributed by atoms with Gasteiger partial charge in [0.25, 0.3) is 0 Å². The van der Waals surface area contributed by atoms with Crippen LogP contribution in [0.25, 0.3) is 6.08 Å². The Kier molecular flexibility index (Phi) is 11.4. The van der Waals surface area contributed by atoms with Gasteiger partial charge in [-0.3, -0.25) is 15.0 Å². The van der Waals surface area contributed by atoms with E-state index >= 15 is 0 Å². The molecular weight excluding hydrogens is 522 g/mol. The predicted molar refractivity (Wildman–Crippen MR) is 152 cm³/mol. The molecule has 1 fully saturated rings. The van der Waals surface area contributed by atoms with Gasteiger partial charge in [-0.2, -0.15) is 0 Å². The van der Waals surface area contributed by atoms with Gasteiger partial charge in [0.05, 0.1) is 33.0 Å². The second-order valence-corrected chi connectivity index (χ2v) is 9.22. The Hall–Kier alpha value is -3.34. The quantitative estimate of drug-likeness (QED) is 0.420. The van der Waals surface area contributed by atoms with Crippen LogP contribution >= 0.6 is 12.4 Å². The topological polar surface area (TPSA) is 96.5 Å². The molecule has 4 rings (SSSR count). The number of urea groups is 1. The van der Waals surface area contributed by atoms with Crippen molar-refractivity contribution in [2.24, 2.45) is 0 Å². The normalized spacial score (nSPS) is 15.4. The third-order valence-electron chi connectivity index (χ3n) is 6.50. The van der Waals surface area contributed by atoms with E-state index in [1.54, 1.807) is 29.1 Å². The van der Waals surface area contributed by atoms with Crippen LogP contribution in [0.5, 0.6) is 11.5 Å². The highest BCUT2D eigenvalue weighted by atomic mass is 35.5. The van der Waals surface area contributed by atoms with Crippen LogP contribution < -0.4 is 14.8 Å². The number of carbonyl (C=O) groups excluding carboxylic acids is 2. The van der Waals surface area contributed by atoms with E-state index < -0.39 is 0 Å². The lowest BCUT2D eigenvalue weighted by atomic mass is 10.1. The molecule has 0 radical (unpaired) electrons. The Bertz CT molecular complexity index is 1160. The summed E-state index contributed by atoms with van der Waals surface area (Å²) in [6.07, 6.45) is 4.94. The number of anilines is 1. The van der Waals surface area contributed by atoms with Crippen molar-refractivity contribution in [3.8, 4) is 11.5 Å². The van der Waals surface area contributed by atoms with E-state index in [0.717, 1.165) is 49.5 Å². The van der Waals surface area contributed by atoms with E-state index in [9.17, 15) is 9.59 Å². The summed E-state index contributed by atoms with van der Waals surface area (Å²) in [6, 6.07) is 7.53. The van der Waals surface area contributed by atoms with Crippen LogP contribution in [0.1, 0.15) is 30.5 Å². The molecule has 2 aliphatic heterocycles. The smallest absolute Gasteiger partial charge is 0.323 e. The fraction of sp³-hybridized carbons (Fsp3) is 0.464. The number of hydrogen-bond acceptors (Lipinski definition) is 7. The minimum Gasteiger partial charge on any atom is -0.490 e. The van der Waals surface area contributed by atoms with Gasteiger partial charge < -0.3 is 24.0 Å². The molecule has 1 aromatic carbocycles. The van der Waals surface area contributed by atoms with Gasteiger partial charge in [-0.1, -0.05) is 12.1 Å². The maximum absolute atomic E-state index is 12.9. The molecule has 1 N–H and O–H groups in total. The van der Waals surface area contributed by atoms with E-state index in [4.69, 9.17) is 14.2 Å². The lowest BCUT2D eigenvalue weighted by Crippen LogP contribution is -2.45. The first-order chi connectivity index (χ1) is 18.5. The number of nitrogens with one attached hydrogen (secondary N) is 1. The van der Waals surface area contributed by atoms with Crippen LogP contribution in [-0.2, 0) is 22.6 Å². The van der Waals surface area contributed by atoms with Crippen LogP contribution in [0.2, 0.25) is 0 Å². The summed E-state index contributed by atoms with van der Waals surface area (Å²) in [4.78, 5) is 35.5. The maximum Gasteiger partial charge on any atom is 0.323 e. The summed E-state index contributed by atoms with van der Waals surface area (Å²) in [6.45, 7) is 10.4. The zero-order valence-corrected chi connectivity index (χ0v) is 23.7. The van der Waals surface area contributed by atoms with Crippen LogP contribution in [0.3, 0.4) is 0 Å². The van der Waals surface area contributed by atoms with Crippen molar-refractivity contribution in [1.29, 1.82) is 0 Å². The number of likely N-dealkylation sites (N-methyl/N-ethyl adjacent to an activating group) is 1. The number of halogens is 1. The van der Waals surface area contributed by atoms with Gasteiger partial charge in [-0.25, -0.2) is 9.78 Å². The molecule has 0 bridgehead atoms. The Morgan fingerprint density at radius 2 is 1.95 bits per heavy atom. The number of morpholine rings is 1. The van der Waals surface area contributed by atoms with Crippen molar-refractivity contribution >= 4 is 36.2 Å². The number of amides is 3. The standard InChI is InChI=1S/C28H37N5O5.ClH/c1-4-37-24-8-6-7-22(26(24)38-5-2)19-31(3)25(34)10-9-21-17-23-20-33(28(35)30-27(23)29-18-21)12-11-32-13-15-36-16-14-32;/h6-10,17-18H,4-5,11-16,19-20H2,1-3H3,(H,29,30,35);1H. The van der Waals surface area contributed by atoms with E-state index in [2.05, 4.69) is 15.2 Å². The number of benzene rings is 1. The molecule has 0 aliphatic carbocycles. The molecule has 3 amide bonds. The highest BCUT2D eigenvalue weighted by Gasteiger charge is 2.24. The van der Waals surface area contributed by atoms with E-state index in [-0.39, 0.29) is 24.3 Å². The summed E-state index contributed by atoms with van der Waals surface area (Å²) >= 11 is 0. The molecule has 0 saturated carbocycles. The van der Waals surface area contributed by atoms with Gasteiger partial charge in [0, 0.05) is 63.2 Å². The van der Waals surface area contributed by atoms with E-state index in [1.165, 1.54) is 6.08 Å². The first kappa shape index (κ1) is 30.2. The largest absolute Gasteiger partial charge is 0.490 e. The Morgan fingerprint density at radius 3 is 2.69 bits per heavy atom. The molecule has 1 saturated heterocycles. The second kappa shape index (κ2) is 14.7.